The molecule has 0 aromatic heterocycles. The summed E-state index contributed by atoms with van der Waals surface area (Å²) >= 11 is 0. The second-order valence-corrected chi connectivity index (χ2v) is 5.59. The summed E-state index contributed by atoms with van der Waals surface area (Å²) in [5, 5.41) is 11.6. The molecule has 0 aromatic rings. The second-order valence-electron chi connectivity index (χ2n) is 5.59. The van der Waals surface area contributed by atoms with Crippen LogP contribution in [0.2, 0.25) is 0 Å². The van der Waals surface area contributed by atoms with Gasteiger partial charge in [-0.25, -0.2) is 9.59 Å². The number of urea groups is 1. The summed E-state index contributed by atoms with van der Waals surface area (Å²) in [6.07, 6.45) is 3.38. The maximum atomic E-state index is 12.1. The van der Waals surface area contributed by atoms with Crippen molar-refractivity contribution in [3.8, 4) is 0 Å². The van der Waals surface area contributed by atoms with E-state index in [-0.39, 0.29) is 30.9 Å². The number of carbonyl (C=O) groups is 2. The van der Waals surface area contributed by atoms with Crippen molar-refractivity contribution >= 4 is 12.0 Å². The number of piperidine rings is 1. The van der Waals surface area contributed by atoms with Crippen molar-refractivity contribution in [1.29, 1.82) is 0 Å². The third-order valence-electron chi connectivity index (χ3n) is 4.00. The predicted molar refractivity (Wildman–Crippen MR) is 75.2 cm³/mol. The number of rotatable bonds is 6. The lowest BCUT2D eigenvalue weighted by Crippen LogP contribution is -2.53. The highest BCUT2D eigenvalue weighted by Gasteiger charge is 2.32. The minimum absolute atomic E-state index is 0.0355. The van der Waals surface area contributed by atoms with E-state index in [1.54, 1.807) is 4.90 Å². The van der Waals surface area contributed by atoms with Crippen molar-refractivity contribution in [3.05, 3.63) is 0 Å². The van der Waals surface area contributed by atoms with Crippen LogP contribution in [0.25, 0.3) is 0 Å². The fourth-order valence-corrected chi connectivity index (χ4v) is 2.74. The Hall–Kier alpha value is -1.34. The lowest BCUT2D eigenvalue weighted by molar-refractivity contribution is -0.145. The highest BCUT2D eigenvalue weighted by Crippen LogP contribution is 2.23. The molecule has 2 aliphatic rings. The summed E-state index contributed by atoms with van der Waals surface area (Å²) in [6, 6.07) is 0.182. The summed E-state index contributed by atoms with van der Waals surface area (Å²) in [6.45, 7) is 3.64. The summed E-state index contributed by atoms with van der Waals surface area (Å²) < 4.78 is 10.7. The molecular formula is C14H24N2O5. The highest BCUT2D eigenvalue weighted by molar-refractivity contribution is 5.74. The smallest absolute Gasteiger partial charge is 0.329 e. The minimum Gasteiger partial charge on any atom is -0.480 e. The normalized spacial score (nSPS) is 26.2. The van der Waals surface area contributed by atoms with Crippen LogP contribution >= 0.6 is 0 Å². The molecule has 1 saturated heterocycles. The molecule has 2 rings (SSSR count). The van der Waals surface area contributed by atoms with Gasteiger partial charge in [0.15, 0.2) is 0 Å². The Balaban J connectivity index is 1.61. The molecule has 1 aliphatic heterocycles. The molecule has 1 heterocycles. The van der Waals surface area contributed by atoms with Gasteiger partial charge in [-0.3, -0.25) is 0 Å². The standard InChI is InChI=1S/C14H24N2O5/c1-2-20-12-7-10(8-12)15-14(19)16-5-3-11(4-6-16)21-9-13(17)18/h10-12H,2-9H2,1H3,(H,15,19)(H,17,18). The topological polar surface area (TPSA) is 88.1 Å². The molecule has 120 valence electrons. The molecule has 2 N–H and O–H groups in total. The van der Waals surface area contributed by atoms with Crippen molar-refractivity contribution in [1.82, 2.24) is 10.2 Å². The van der Waals surface area contributed by atoms with Crippen LogP contribution in [-0.4, -0.2) is 66.6 Å². The van der Waals surface area contributed by atoms with Crippen LogP contribution in [0, 0.1) is 0 Å². The van der Waals surface area contributed by atoms with Crippen molar-refractivity contribution < 1.29 is 24.2 Å². The monoisotopic (exact) mass is 300 g/mol. The van der Waals surface area contributed by atoms with E-state index in [9.17, 15) is 9.59 Å². The van der Waals surface area contributed by atoms with Gasteiger partial charge in [-0.15, -0.1) is 0 Å². The van der Waals surface area contributed by atoms with Crippen molar-refractivity contribution in [2.24, 2.45) is 0 Å². The third-order valence-corrected chi connectivity index (χ3v) is 4.00. The van der Waals surface area contributed by atoms with Gasteiger partial charge in [0.2, 0.25) is 0 Å². The Morgan fingerprint density at radius 2 is 1.86 bits per heavy atom. The molecular weight excluding hydrogens is 276 g/mol. The second kappa shape index (κ2) is 7.61. The molecule has 0 bridgehead atoms. The Labute approximate surface area is 124 Å². The van der Waals surface area contributed by atoms with Gasteiger partial charge in [0, 0.05) is 25.7 Å². The largest absolute Gasteiger partial charge is 0.480 e. The molecule has 0 atom stereocenters. The number of aliphatic carboxylic acids is 1. The summed E-state index contributed by atoms with van der Waals surface area (Å²) in [5.74, 6) is -0.955. The zero-order valence-electron chi connectivity index (χ0n) is 12.4. The number of carboxylic acid groups (broad SMARTS) is 1. The average molecular weight is 300 g/mol. The third kappa shape index (κ3) is 4.86. The van der Waals surface area contributed by atoms with Gasteiger partial charge < -0.3 is 24.8 Å². The van der Waals surface area contributed by atoms with E-state index >= 15 is 0 Å². The number of carboxylic acids is 1. The predicted octanol–water partition coefficient (Wildman–Crippen LogP) is 0.829. The maximum absolute atomic E-state index is 12.1. The van der Waals surface area contributed by atoms with E-state index in [0.29, 0.717) is 25.9 Å². The first-order valence-corrected chi connectivity index (χ1v) is 7.59. The molecule has 2 fully saturated rings. The number of ether oxygens (including phenoxy) is 2. The quantitative estimate of drug-likeness (QED) is 0.758. The lowest BCUT2D eigenvalue weighted by atomic mass is 9.89. The average Bonchev–Trinajstić information content (AvgIpc) is 2.43. The van der Waals surface area contributed by atoms with Crippen LogP contribution < -0.4 is 5.32 Å². The van der Waals surface area contributed by atoms with Crippen LogP contribution in [-0.2, 0) is 14.3 Å². The number of nitrogens with one attached hydrogen (secondary N) is 1. The van der Waals surface area contributed by atoms with Gasteiger partial charge in [0.05, 0.1) is 12.2 Å². The van der Waals surface area contributed by atoms with Crippen LogP contribution in [0.5, 0.6) is 0 Å². The molecule has 7 nitrogen and oxygen atoms in total. The minimum atomic E-state index is -0.955. The Morgan fingerprint density at radius 1 is 1.19 bits per heavy atom. The molecule has 0 radical (unpaired) electrons. The zero-order valence-corrected chi connectivity index (χ0v) is 12.4. The number of hydrogen-bond donors (Lipinski definition) is 2. The number of carbonyl (C=O) groups excluding carboxylic acids is 1. The SMILES string of the molecule is CCOC1CC(NC(=O)N2CCC(OCC(=O)O)CC2)C1. The van der Waals surface area contributed by atoms with E-state index < -0.39 is 5.97 Å². The van der Waals surface area contributed by atoms with Gasteiger partial charge in [0.1, 0.15) is 6.61 Å². The zero-order chi connectivity index (χ0) is 15.2. The number of likely N-dealkylation sites (tertiary alicyclic amines) is 1. The first kappa shape index (κ1) is 16.0. The first-order chi connectivity index (χ1) is 10.1. The summed E-state index contributed by atoms with van der Waals surface area (Å²) in [5.41, 5.74) is 0. The van der Waals surface area contributed by atoms with Crippen molar-refractivity contribution in [3.63, 3.8) is 0 Å². The summed E-state index contributed by atoms with van der Waals surface area (Å²) in [4.78, 5) is 24.3. The lowest BCUT2D eigenvalue weighted by Gasteiger charge is -2.38. The van der Waals surface area contributed by atoms with Crippen LogP contribution in [0.4, 0.5) is 4.79 Å². The molecule has 7 heteroatoms. The number of nitrogens with zero attached hydrogens (tertiary/aromatic N) is 1. The van der Waals surface area contributed by atoms with Crippen molar-refractivity contribution in [2.45, 2.75) is 50.9 Å². The Bertz CT molecular complexity index is 362. The fourth-order valence-electron chi connectivity index (χ4n) is 2.74. The Morgan fingerprint density at radius 3 is 2.43 bits per heavy atom. The van der Waals surface area contributed by atoms with Gasteiger partial charge in [-0.05, 0) is 32.6 Å². The summed E-state index contributed by atoms with van der Waals surface area (Å²) in [7, 11) is 0. The van der Waals surface area contributed by atoms with E-state index in [1.165, 1.54) is 0 Å². The van der Waals surface area contributed by atoms with Gasteiger partial charge >= 0.3 is 12.0 Å². The number of hydrogen-bond acceptors (Lipinski definition) is 4. The van der Waals surface area contributed by atoms with Crippen LogP contribution in [0.3, 0.4) is 0 Å². The maximum Gasteiger partial charge on any atom is 0.329 e. The van der Waals surface area contributed by atoms with Gasteiger partial charge in [-0.2, -0.15) is 0 Å². The highest BCUT2D eigenvalue weighted by atomic mass is 16.5. The fraction of sp³-hybridized carbons (Fsp3) is 0.857. The van der Waals surface area contributed by atoms with E-state index in [1.807, 2.05) is 6.92 Å². The van der Waals surface area contributed by atoms with Crippen molar-refractivity contribution in [2.75, 3.05) is 26.3 Å². The molecule has 0 spiro atoms. The van der Waals surface area contributed by atoms with Crippen LogP contribution in [0.15, 0.2) is 0 Å². The molecule has 0 unspecified atom stereocenters. The molecule has 0 aromatic carbocycles. The molecule has 1 aliphatic carbocycles. The molecule has 2 amide bonds. The first-order valence-electron chi connectivity index (χ1n) is 7.59. The molecule has 1 saturated carbocycles. The Kier molecular flexibility index (Phi) is 5.81. The van der Waals surface area contributed by atoms with E-state index in [4.69, 9.17) is 14.6 Å². The van der Waals surface area contributed by atoms with Crippen LogP contribution in [0.1, 0.15) is 32.6 Å². The van der Waals surface area contributed by atoms with E-state index in [0.717, 1.165) is 19.4 Å². The number of amides is 2. The van der Waals surface area contributed by atoms with Gasteiger partial charge in [0.25, 0.3) is 0 Å². The van der Waals surface area contributed by atoms with E-state index in [2.05, 4.69) is 5.32 Å². The molecule has 21 heavy (non-hydrogen) atoms. The van der Waals surface area contributed by atoms with Gasteiger partial charge in [-0.1, -0.05) is 0 Å².